The molecule has 152 valence electrons. The third-order valence-electron chi connectivity index (χ3n) is 5.59. The van der Waals surface area contributed by atoms with Gasteiger partial charge in [0.1, 0.15) is 11.6 Å². The number of H-pyrrole nitrogens is 1. The van der Waals surface area contributed by atoms with E-state index in [0.29, 0.717) is 28.2 Å². The largest absolute Gasteiger partial charge is 0.420 e. The molecule has 0 saturated heterocycles. The predicted octanol–water partition coefficient (Wildman–Crippen LogP) is 6.27. The van der Waals surface area contributed by atoms with Crippen LogP contribution in [0.5, 0.6) is 0 Å². The molecule has 0 fully saturated rings. The van der Waals surface area contributed by atoms with E-state index >= 15 is 0 Å². The summed E-state index contributed by atoms with van der Waals surface area (Å²) in [6.45, 7) is 0. The molecule has 1 atom stereocenters. The first-order valence-corrected chi connectivity index (χ1v) is 9.29. The van der Waals surface area contributed by atoms with Crippen LogP contribution < -0.4 is 5.32 Å². The van der Waals surface area contributed by atoms with Gasteiger partial charge >= 0.3 is 6.18 Å². The van der Waals surface area contributed by atoms with E-state index in [2.05, 4.69) is 10.3 Å². The van der Waals surface area contributed by atoms with Crippen LogP contribution in [0.1, 0.15) is 22.4 Å². The van der Waals surface area contributed by atoms with Gasteiger partial charge < -0.3 is 10.3 Å². The summed E-state index contributed by atoms with van der Waals surface area (Å²) in [7, 11) is 0. The van der Waals surface area contributed by atoms with E-state index in [1.165, 1.54) is 0 Å². The van der Waals surface area contributed by atoms with Gasteiger partial charge in [-0.25, -0.2) is 8.78 Å². The van der Waals surface area contributed by atoms with Gasteiger partial charge in [-0.15, -0.1) is 0 Å². The topological polar surface area (TPSA) is 27.8 Å². The Hall–Kier alpha value is -3.35. The van der Waals surface area contributed by atoms with Crippen molar-refractivity contribution in [1.82, 2.24) is 4.98 Å². The summed E-state index contributed by atoms with van der Waals surface area (Å²) in [5.74, 6) is -2.15. The number of hydrogen-bond donors (Lipinski definition) is 2. The summed E-state index contributed by atoms with van der Waals surface area (Å²) < 4.78 is 73.2. The Labute approximate surface area is 168 Å². The number of fused-ring (bicyclic) bond motifs is 4. The second-order valence-electron chi connectivity index (χ2n) is 7.39. The number of alkyl halides is 3. The molecule has 2 heterocycles. The number of halogens is 5. The van der Waals surface area contributed by atoms with Crippen LogP contribution >= 0.6 is 0 Å². The Balaban J connectivity index is 1.96. The molecule has 1 aliphatic rings. The summed E-state index contributed by atoms with van der Waals surface area (Å²) in [5.41, 5.74) is -1.70. The molecule has 0 bridgehead atoms. The molecule has 2 nitrogen and oxygen atoms in total. The highest BCUT2D eigenvalue weighted by atomic mass is 19.4. The average Bonchev–Trinajstić information content (AvgIpc) is 2.95. The molecule has 0 unspecified atom stereocenters. The quantitative estimate of drug-likeness (QED) is 0.353. The van der Waals surface area contributed by atoms with Crippen LogP contribution in [-0.4, -0.2) is 11.2 Å². The van der Waals surface area contributed by atoms with Gasteiger partial charge in [0.2, 0.25) is 0 Å². The highest BCUT2D eigenvalue weighted by molar-refractivity contribution is 5.88. The molecular weight excluding hydrogens is 399 g/mol. The lowest BCUT2D eigenvalue weighted by atomic mass is 9.80. The number of aromatic amines is 1. The minimum atomic E-state index is -4.91. The van der Waals surface area contributed by atoms with E-state index in [0.717, 1.165) is 12.1 Å². The average molecular weight is 414 g/mol. The maximum absolute atomic E-state index is 15.0. The van der Waals surface area contributed by atoms with Crippen molar-refractivity contribution in [2.45, 2.75) is 18.1 Å². The van der Waals surface area contributed by atoms with E-state index in [1.54, 1.807) is 48.5 Å². The molecule has 0 amide bonds. The van der Waals surface area contributed by atoms with Crippen molar-refractivity contribution in [1.29, 1.82) is 0 Å². The van der Waals surface area contributed by atoms with Crippen molar-refractivity contribution in [3.05, 3.63) is 101 Å². The van der Waals surface area contributed by atoms with Gasteiger partial charge in [-0.05, 0) is 35.4 Å². The third kappa shape index (κ3) is 2.61. The number of benzene rings is 3. The predicted molar refractivity (Wildman–Crippen MR) is 104 cm³/mol. The number of rotatable bonds is 1. The molecule has 0 saturated carbocycles. The maximum atomic E-state index is 15.0. The van der Waals surface area contributed by atoms with Crippen molar-refractivity contribution < 1.29 is 22.0 Å². The molecule has 5 rings (SSSR count). The van der Waals surface area contributed by atoms with Gasteiger partial charge in [-0.1, -0.05) is 36.4 Å². The molecule has 0 spiro atoms. The second kappa shape index (κ2) is 6.32. The summed E-state index contributed by atoms with van der Waals surface area (Å²) in [6.07, 6.45) is -4.70. The Kier molecular flexibility index (Phi) is 3.93. The lowest BCUT2D eigenvalue weighted by Gasteiger charge is -2.38. The first-order valence-electron chi connectivity index (χ1n) is 9.29. The fourth-order valence-corrected chi connectivity index (χ4v) is 4.37. The van der Waals surface area contributed by atoms with Gasteiger partial charge in [0.25, 0.3) is 0 Å². The summed E-state index contributed by atoms with van der Waals surface area (Å²) >= 11 is 0. The molecule has 0 radical (unpaired) electrons. The maximum Gasteiger partial charge on any atom is 0.420 e. The normalized spacial score (nSPS) is 18.4. The molecule has 4 aromatic rings. The molecule has 0 aliphatic carbocycles. The van der Waals surface area contributed by atoms with E-state index in [-0.39, 0.29) is 17.7 Å². The van der Waals surface area contributed by atoms with Crippen molar-refractivity contribution in [3.63, 3.8) is 0 Å². The monoisotopic (exact) mass is 414 g/mol. The summed E-state index contributed by atoms with van der Waals surface area (Å²) in [6, 6.07) is 15.3. The highest BCUT2D eigenvalue weighted by Gasteiger charge is 2.60. The molecule has 3 aromatic carbocycles. The highest BCUT2D eigenvalue weighted by Crippen LogP contribution is 2.52. The first-order chi connectivity index (χ1) is 14.3. The molecule has 2 N–H and O–H groups in total. The van der Waals surface area contributed by atoms with Crippen molar-refractivity contribution in [3.8, 4) is 0 Å². The smallest absolute Gasteiger partial charge is 0.364 e. The molecule has 30 heavy (non-hydrogen) atoms. The second-order valence-corrected chi connectivity index (χ2v) is 7.39. The zero-order valence-corrected chi connectivity index (χ0v) is 15.4. The van der Waals surface area contributed by atoms with Crippen LogP contribution in [0.3, 0.4) is 0 Å². The lowest BCUT2D eigenvalue weighted by molar-refractivity contribution is -0.169. The third-order valence-corrected chi connectivity index (χ3v) is 5.59. The van der Waals surface area contributed by atoms with E-state index in [4.69, 9.17) is 0 Å². The summed E-state index contributed by atoms with van der Waals surface area (Å²) in [4.78, 5) is 3.10. The van der Waals surface area contributed by atoms with Crippen molar-refractivity contribution >= 4 is 16.6 Å². The fraction of sp³-hybridized carbons (Fsp3) is 0.130. The fourth-order valence-electron chi connectivity index (χ4n) is 4.37. The van der Waals surface area contributed by atoms with Gasteiger partial charge in [-0.2, -0.15) is 13.2 Å². The first kappa shape index (κ1) is 18.7. The van der Waals surface area contributed by atoms with E-state index in [1.807, 2.05) is 0 Å². The van der Waals surface area contributed by atoms with Gasteiger partial charge in [0.15, 0.2) is 5.54 Å². The van der Waals surface area contributed by atoms with Crippen LogP contribution in [0.4, 0.5) is 27.6 Å². The van der Waals surface area contributed by atoms with Crippen LogP contribution in [0.25, 0.3) is 10.9 Å². The van der Waals surface area contributed by atoms with Gasteiger partial charge in [-0.3, -0.25) is 0 Å². The number of nitrogens with one attached hydrogen (secondary N) is 2. The number of aromatic nitrogens is 1. The number of hydrogen-bond acceptors (Lipinski definition) is 1. The Bertz CT molecular complexity index is 1250. The molecule has 1 aromatic heterocycles. The molecular formula is C23H15F5N2. The van der Waals surface area contributed by atoms with E-state index in [9.17, 15) is 22.0 Å². The van der Waals surface area contributed by atoms with E-state index < -0.39 is 28.9 Å². The number of anilines is 1. The minimum Gasteiger partial charge on any atom is -0.364 e. The summed E-state index contributed by atoms with van der Waals surface area (Å²) in [5, 5.41) is 2.98. The minimum absolute atomic E-state index is 0.0770. The SMILES string of the molecule is Fc1cc(F)cc([C@]2(C(F)(F)F)Nc3ccccc3Cc3[nH]c4ccccc4c32)c1. The van der Waals surface area contributed by atoms with Gasteiger partial charge in [0, 0.05) is 40.3 Å². The van der Waals surface area contributed by atoms with Crippen LogP contribution in [0, 0.1) is 11.6 Å². The van der Waals surface area contributed by atoms with Gasteiger partial charge in [0.05, 0.1) is 0 Å². The Morgan fingerprint density at radius 1 is 0.833 bits per heavy atom. The Morgan fingerprint density at radius 3 is 2.23 bits per heavy atom. The van der Waals surface area contributed by atoms with Crippen LogP contribution in [-0.2, 0) is 12.0 Å². The van der Waals surface area contributed by atoms with Crippen LogP contribution in [0.15, 0.2) is 66.7 Å². The standard InChI is InChI=1S/C23H15F5N2/c24-15-10-14(11-16(25)12-15)22(23(26,27)28)21-17-6-2-4-8-19(17)29-20(21)9-13-5-1-3-7-18(13)30-22/h1-8,10-12,29-30H,9H2/t22-/m0/s1. The molecule has 1 aliphatic heterocycles. The van der Waals surface area contributed by atoms with Crippen LogP contribution in [0.2, 0.25) is 0 Å². The Morgan fingerprint density at radius 2 is 1.50 bits per heavy atom. The zero-order valence-electron chi connectivity index (χ0n) is 15.4. The number of para-hydroxylation sites is 2. The zero-order chi connectivity index (χ0) is 21.1. The van der Waals surface area contributed by atoms with Crippen molar-refractivity contribution in [2.24, 2.45) is 0 Å². The molecule has 7 heteroatoms. The van der Waals surface area contributed by atoms with Crippen molar-refractivity contribution in [2.75, 3.05) is 5.32 Å². The lowest BCUT2D eigenvalue weighted by Crippen LogP contribution is -2.50.